The van der Waals surface area contributed by atoms with Crippen LogP contribution in [0.1, 0.15) is 88.9 Å². The van der Waals surface area contributed by atoms with Crippen LogP contribution in [0.4, 0.5) is 0 Å². The van der Waals surface area contributed by atoms with E-state index in [0.717, 1.165) is 42.0 Å². The topological polar surface area (TPSA) is 38.7 Å². The first-order valence-electron chi connectivity index (χ1n) is 10.2. The lowest BCUT2D eigenvalue weighted by Gasteiger charge is -2.33. The lowest BCUT2D eigenvalue weighted by atomic mass is 9.97. The third kappa shape index (κ3) is 6.55. The zero-order valence-electron chi connectivity index (χ0n) is 15.7. The molecule has 3 aliphatic rings. The summed E-state index contributed by atoms with van der Waals surface area (Å²) >= 11 is 6.86. The third-order valence-electron chi connectivity index (χ3n) is 5.66. The van der Waals surface area contributed by atoms with Crippen LogP contribution in [0.5, 0.6) is 5.75 Å². The molecular weight excluding hydrogens is 681 g/mol. The highest BCUT2D eigenvalue weighted by atomic mass is 127. The van der Waals surface area contributed by atoms with Crippen LogP contribution in [-0.2, 0) is 9.47 Å². The molecule has 1 saturated carbocycles. The van der Waals surface area contributed by atoms with Gasteiger partial charge in [0, 0.05) is 7.14 Å². The van der Waals surface area contributed by atoms with Gasteiger partial charge < -0.3 is 14.6 Å². The molecule has 1 aliphatic carbocycles. The number of benzene rings is 1. The molecule has 2 heterocycles. The summed E-state index contributed by atoms with van der Waals surface area (Å²) in [4.78, 5) is 0. The average Bonchev–Trinajstić information content (AvgIpc) is 2.64. The molecule has 2 bridgehead atoms. The third-order valence-corrected chi connectivity index (χ3v) is 10.7. The van der Waals surface area contributed by atoms with Crippen LogP contribution >= 0.6 is 67.8 Å². The maximum absolute atomic E-state index is 10.8. The Kier molecular flexibility index (Phi) is 9.72. The van der Waals surface area contributed by atoms with Gasteiger partial charge in [0.1, 0.15) is 5.75 Å². The van der Waals surface area contributed by atoms with Crippen molar-refractivity contribution in [3.8, 4) is 5.75 Å². The van der Waals surface area contributed by atoms with E-state index in [4.69, 9.17) is 9.47 Å². The average molecular weight is 710 g/mol. The molecule has 1 aromatic rings. The minimum Gasteiger partial charge on any atom is -0.506 e. The molecule has 2 atom stereocenters. The van der Waals surface area contributed by atoms with Crippen molar-refractivity contribution in [3.05, 3.63) is 22.3 Å². The van der Waals surface area contributed by atoms with E-state index < -0.39 is 6.29 Å². The van der Waals surface area contributed by atoms with Crippen molar-refractivity contribution >= 4 is 67.8 Å². The van der Waals surface area contributed by atoms with Gasteiger partial charge in [-0.1, -0.05) is 44.9 Å². The van der Waals surface area contributed by atoms with Crippen LogP contribution in [0.25, 0.3) is 0 Å². The SMILES string of the molecule is Oc1c(C2OC3CCCCCCCCCC(CCC3)O2)cc(I)c(I)c1I. The van der Waals surface area contributed by atoms with E-state index in [1.807, 2.05) is 6.07 Å². The van der Waals surface area contributed by atoms with E-state index in [9.17, 15) is 5.11 Å². The first kappa shape index (κ1) is 22.8. The van der Waals surface area contributed by atoms with E-state index >= 15 is 0 Å². The smallest absolute Gasteiger partial charge is 0.188 e. The number of hydrogen-bond acceptors (Lipinski definition) is 3. The summed E-state index contributed by atoms with van der Waals surface area (Å²) in [7, 11) is 0. The number of hydrogen-bond donors (Lipinski definition) is 1. The second kappa shape index (κ2) is 11.5. The predicted molar refractivity (Wildman–Crippen MR) is 134 cm³/mol. The molecule has 2 aliphatic heterocycles. The highest BCUT2D eigenvalue weighted by Crippen LogP contribution is 2.40. The normalized spacial score (nSPS) is 28.5. The van der Waals surface area contributed by atoms with Crippen molar-refractivity contribution in [3.63, 3.8) is 0 Å². The highest BCUT2D eigenvalue weighted by molar-refractivity contribution is 14.1. The van der Waals surface area contributed by atoms with Gasteiger partial charge in [-0.05, 0) is 106 Å². The molecule has 2 saturated heterocycles. The van der Waals surface area contributed by atoms with E-state index in [1.54, 1.807) is 0 Å². The number of phenols is 1. The zero-order valence-corrected chi connectivity index (χ0v) is 22.2. The van der Waals surface area contributed by atoms with E-state index in [0.29, 0.717) is 5.75 Å². The summed E-state index contributed by atoms with van der Waals surface area (Å²) in [5.41, 5.74) is 0.799. The molecule has 2 unspecified atom stereocenters. The first-order valence-corrected chi connectivity index (χ1v) is 13.5. The highest BCUT2D eigenvalue weighted by Gasteiger charge is 2.29. The molecule has 0 amide bonds. The maximum atomic E-state index is 10.8. The first-order chi connectivity index (χ1) is 13.1. The van der Waals surface area contributed by atoms with Gasteiger partial charge in [0.25, 0.3) is 0 Å². The van der Waals surface area contributed by atoms with Crippen LogP contribution in [0, 0.1) is 10.7 Å². The van der Waals surface area contributed by atoms with Crippen molar-refractivity contribution in [1.82, 2.24) is 0 Å². The Bertz CT molecular complexity index is 599. The minimum atomic E-state index is -0.456. The van der Waals surface area contributed by atoms with Crippen LogP contribution in [0.3, 0.4) is 0 Å². The largest absolute Gasteiger partial charge is 0.506 e. The summed E-state index contributed by atoms with van der Waals surface area (Å²) < 4.78 is 16.1. The minimum absolute atomic E-state index is 0.230. The van der Waals surface area contributed by atoms with Gasteiger partial charge >= 0.3 is 0 Å². The molecule has 1 N–H and O–H groups in total. The second-order valence-electron chi connectivity index (χ2n) is 7.76. The van der Waals surface area contributed by atoms with Crippen molar-refractivity contribution in [1.29, 1.82) is 0 Å². The Labute approximate surface area is 204 Å². The molecule has 152 valence electrons. The van der Waals surface area contributed by atoms with Gasteiger partial charge in [-0.15, -0.1) is 0 Å². The van der Waals surface area contributed by atoms with Crippen molar-refractivity contribution in [2.45, 2.75) is 95.5 Å². The van der Waals surface area contributed by atoms with Gasteiger partial charge in [0.05, 0.1) is 21.3 Å². The number of aromatic hydroxyl groups is 1. The molecule has 1 aromatic carbocycles. The Morgan fingerprint density at radius 3 is 1.74 bits per heavy atom. The lowest BCUT2D eigenvalue weighted by molar-refractivity contribution is -0.215. The molecule has 3 fully saturated rings. The number of halogens is 3. The number of rotatable bonds is 1. The molecule has 4 rings (SSSR count). The Morgan fingerprint density at radius 2 is 1.19 bits per heavy atom. The molecule has 3 nitrogen and oxygen atoms in total. The Hall–Kier alpha value is 1.13. The number of phenolic OH excluding ortho intramolecular Hbond substituents is 1. The van der Waals surface area contributed by atoms with Gasteiger partial charge in [-0.25, -0.2) is 0 Å². The van der Waals surface area contributed by atoms with Gasteiger partial charge in [-0.2, -0.15) is 0 Å². The van der Waals surface area contributed by atoms with Crippen molar-refractivity contribution < 1.29 is 14.6 Å². The number of ether oxygens (including phenoxy) is 2. The van der Waals surface area contributed by atoms with Gasteiger partial charge in [-0.3, -0.25) is 0 Å². The van der Waals surface area contributed by atoms with Gasteiger partial charge in [0.15, 0.2) is 6.29 Å². The Morgan fingerprint density at radius 1 is 0.704 bits per heavy atom. The fourth-order valence-electron chi connectivity index (χ4n) is 4.07. The summed E-state index contributed by atoms with van der Waals surface area (Å²) in [5, 5.41) is 10.8. The van der Waals surface area contributed by atoms with E-state index in [-0.39, 0.29) is 12.2 Å². The predicted octanol–water partition coefficient (Wildman–Crippen LogP) is 7.68. The van der Waals surface area contributed by atoms with Crippen LogP contribution in [-0.4, -0.2) is 17.3 Å². The maximum Gasteiger partial charge on any atom is 0.188 e. The van der Waals surface area contributed by atoms with Crippen molar-refractivity contribution in [2.24, 2.45) is 0 Å². The number of fused-ring (bicyclic) bond motifs is 12. The van der Waals surface area contributed by atoms with Crippen LogP contribution < -0.4 is 0 Å². The summed E-state index contributed by atoms with van der Waals surface area (Å²) in [6.07, 6.45) is 14.7. The van der Waals surface area contributed by atoms with E-state index in [1.165, 1.54) is 51.4 Å². The second-order valence-corrected chi connectivity index (χ2v) is 11.1. The summed E-state index contributed by atoms with van der Waals surface area (Å²) in [6, 6.07) is 2.04. The fraction of sp³-hybridized carbons (Fsp3) is 0.714. The molecule has 6 heteroatoms. The molecule has 0 aromatic heterocycles. The molecule has 0 spiro atoms. The molecular formula is C21H29I3O3. The van der Waals surface area contributed by atoms with Crippen molar-refractivity contribution in [2.75, 3.05) is 0 Å². The van der Waals surface area contributed by atoms with Crippen LogP contribution in [0.2, 0.25) is 0 Å². The van der Waals surface area contributed by atoms with Crippen LogP contribution in [0.15, 0.2) is 6.07 Å². The fourth-order valence-corrected chi connectivity index (χ4v) is 6.21. The Balaban J connectivity index is 1.86. The quantitative estimate of drug-likeness (QED) is 0.240. The summed E-state index contributed by atoms with van der Waals surface area (Å²) in [6.45, 7) is 0. The monoisotopic (exact) mass is 710 g/mol. The standard InChI is InChI=1S/C21H29I3O3/c22-17-13-16(20(25)19(24)18(17)23)21-26-14-9-6-4-2-1-3-5-7-10-15(27-21)12-8-11-14/h13-15,21,25H,1-12H2. The van der Waals surface area contributed by atoms with Gasteiger partial charge in [0.2, 0.25) is 0 Å². The molecule has 27 heavy (non-hydrogen) atoms. The zero-order chi connectivity index (χ0) is 19.2. The summed E-state index contributed by atoms with van der Waals surface area (Å²) in [5.74, 6) is 0.324. The molecule has 0 radical (unpaired) electrons. The lowest BCUT2D eigenvalue weighted by Crippen LogP contribution is -2.27. The van der Waals surface area contributed by atoms with E-state index in [2.05, 4.69) is 67.8 Å².